The summed E-state index contributed by atoms with van der Waals surface area (Å²) in [4.78, 5) is 27.3. The number of unbranched alkanes of at least 4 members (excludes halogenated alkanes) is 3. The molecule has 0 radical (unpaired) electrons. The van der Waals surface area contributed by atoms with E-state index in [1.807, 2.05) is 56.3 Å². The number of nitrogens with one attached hydrogen (secondary N) is 1. The van der Waals surface area contributed by atoms with Gasteiger partial charge in [-0.15, -0.1) is 0 Å². The van der Waals surface area contributed by atoms with Crippen LogP contribution in [0, 0.1) is 12.8 Å². The smallest absolute Gasteiger partial charge is 0.344 e. The summed E-state index contributed by atoms with van der Waals surface area (Å²) in [6.07, 6.45) is 6.44. The molecule has 39 heavy (non-hydrogen) atoms. The molecule has 1 aliphatic heterocycles. The summed E-state index contributed by atoms with van der Waals surface area (Å²) in [5, 5.41) is 7.09. The van der Waals surface area contributed by atoms with Crippen molar-refractivity contribution >= 4 is 17.6 Å². The number of piperidine rings is 1. The van der Waals surface area contributed by atoms with Gasteiger partial charge in [-0.05, 0) is 75.9 Å². The molecule has 0 aliphatic carbocycles. The molecule has 0 atom stereocenters. The number of benzene rings is 2. The highest BCUT2D eigenvalue weighted by Crippen LogP contribution is 2.30. The van der Waals surface area contributed by atoms with E-state index in [0.29, 0.717) is 29.5 Å². The lowest BCUT2D eigenvalue weighted by Crippen LogP contribution is -2.33. The minimum absolute atomic E-state index is 0.0241. The van der Waals surface area contributed by atoms with E-state index in [2.05, 4.69) is 27.5 Å². The molecule has 7 heteroatoms. The highest BCUT2D eigenvalue weighted by atomic mass is 16.5. The number of ether oxygens (including phenoxy) is 1. The Morgan fingerprint density at radius 3 is 2.51 bits per heavy atom. The summed E-state index contributed by atoms with van der Waals surface area (Å²) >= 11 is 0. The van der Waals surface area contributed by atoms with Gasteiger partial charge in [0.25, 0.3) is 0 Å². The van der Waals surface area contributed by atoms with Gasteiger partial charge in [-0.1, -0.05) is 74.3 Å². The second-order valence-corrected chi connectivity index (χ2v) is 10.8. The summed E-state index contributed by atoms with van der Waals surface area (Å²) in [6, 6.07) is 17.9. The van der Waals surface area contributed by atoms with Crippen molar-refractivity contribution in [2.24, 2.45) is 5.92 Å². The predicted octanol–water partition coefficient (Wildman–Crippen LogP) is 6.84. The predicted molar refractivity (Wildman–Crippen MR) is 154 cm³/mol. The monoisotopic (exact) mass is 531 g/mol. The highest BCUT2D eigenvalue weighted by molar-refractivity contribution is 5.97. The van der Waals surface area contributed by atoms with Gasteiger partial charge in [0.2, 0.25) is 5.91 Å². The molecule has 1 N–H and O–H groups in total. The van der Waals surface area contributed by atoms with Gasteiger partial charge in [0.1, 0.15) is 17.0 Å². The number of esters is 1. The Balaban J connectivity index is 1.11. The molecule has 0 spiro atoms. The normalized spacial score (nSPS) is 14.5. The number of carbonyl (C=O) groups is 2. The molecule has 1 amide bonds. The minimum Gasteiger partial charge on any atom is -0.462 e. The Kier molecular flexibility index (Phi) is 10.3. The Morgan fingerprint density at radius 1 is 1.03 bits per heavy atom. The molecular formula is C32H41N3O4. The SMILES string of the molecule is Cc1onc(-c2ccccc2)c1C(=O)OCCCCCCN1CCC(c2cccc(NC(=O)C(C)C)c2)CC1. The molecule has 2 aromatic carbocycles. The topological polar surface area (TPSA) is 84.7 Å². The summed E-state index contributed by atoms with van der Waals surface area (Å²) in [5.74, 6) is 0.687. The van der Waals surface area contributed by atoms with Crippen molar-refractivity contribution in [2.75, 3.05) is 31.6 Å². The van der Waals surface area contributed by atoms with Crippen LogP contribution in [0.1, 0.15) is 80.0 Å². The van der Waals surface area contributed by atoms with Crippen LogP contribution >= 0.6 is 0 Å². The molecule has 1 aromatic heterocycles. The Hall–Kier alpha value is -3.45. The van der Waals surface area contributed by atoms with Crippen molar-refractivity contribution in [3.8, 4) is 11.3 Å². The molecule has 208 valence electrons. The molecule has 1 saturated heterocycles. The molecule has 1 aliphatic rings. The highest BCUT2D eigenvalue weighted by Gasteiger charge is 2.23. The Labute approximate surface area is 231 Å². The van der Waals surface area contributed by atoms with Crippen LogP contribution in [0.2, 0.25) is 0 Å². The van der Waals surface area contributed by atoms with Gasteiger partial charge in [-0.25, -0.2) is 4.79 Å². The number of carbonyl (C=O) groups excluding carboxylic acids is 2. The van der Waals surface area contributed by atoms with Gasteiger partial charge >= 0.3 is 5.97 Å². The minimum atomic E-state index is -0.372. The largest absolute Gasteiger partial charge is 0.462 e. The van der Waals surface area contributed by atoms with E-state index in [1.54, 1.807) is 6.92 Å². The van der Waals surface area contributed by atoms with Crippen LogP contribution in [0.5, 0.6) is 0 Å². The fraction of sp³-hybridized carbons (Fsp3) is 0.469. The summed E-state index contributed by atoms with van der Waals surface area (Å²) in [6.45, 7) is 9.28. The van der Waals surface area contributed by atoms with Gasteiger partial charge in [-0.3, -0.25) is 4.79 Å². The van der Waals surface area contributed by atoms with Crippen molar-refractivity contribution in [2.45, 2.75) is 65.2 Å². The molecule has 0 bridgehead atoms. The van der Waals surface area contributed by atoms with Crippen LogP contribution in [-0.4, -0.2) is 48.2 Å². The third kappa shape index (κ3) is 8.02. The Morgan fingerprint density at radius 2 is 1.77 bits per heavy atom. The molecule has 0 unspecified atom stereocenters. The molecule has 1 fully saturated rings. The van der Waals surface area contributed by atoms with Crippen LogP contribution in [0.4, 0.5) is 5.69 Å². The van der Waals surface area contributed by atoms with Crippen molar-refractivity contribution in [3.05, 3.63) is 71.5 Å². The van der Waals surface area contributed by atoms with Crippen molar-refractivity contribution in [1.29, 1.82) is 0 Å². The lowest BCUT2D eigenvalue weighted by Gasteiger charge is -2.32. The van der Waals surface area contributed by atoms with Gasteiger partial charge < -0.3 is 19.5 Å². The number of rotatable bonds is 12. The molecule has 4 rings (SSSR count). The van der Waals surface area contributed by atoms with Crippen molar-refractivity contribution in [1.82, 2.24) is 10.1 Å². The second-order valence-electron chi connectivity index (χ2n) is 10.8. The van der Waals surface area contributed by atoms with Gasteiger partial charge in [0.05, 0.1) is 6.61 Å². The van der Waals surface area contributed by atoms with E-state index in [0.717, 1.165) is 69.4 Å². The number of likely N-dealkylation sites (tertiary alicyclic amines) is 1. The maximum Gasteiger partial charge on any atom is 0.344 e. The van der Waals surface area contributed by atoms with Crippen LogP contribution in [0.3, 0.4) is 0 Å². The number of aromatic nitrogens is 1. The van der Waals surface area contributed by atoms with E-state index >= 15 is 0 Å². The maximum atomic E-state index is 12.7. The average Bonchev–Trinajstić information content (AvgIpc) is 3.34. The number of aryl methyl sites for hydroxylation is 1. The zero-order valence-electron chi connectivity index (χ0n) is 23.4. The number of anilines is 1. The first kappa shape index (κ1) is 28.6. The zero-order chi connectivity index (χ0) is 27.6. The molecule has 3 aromatic rings. The van der Waals surface area contributed by atoms with Crippen molar-refractivity contribution < 1.29 is 18.8 Å². The standard InChI is InChI=1S/C32H41N3O4/c1-23(2)31(36)33-28-15-11-14-27(22-28)25-16-19-35(20-17-25)18-9-4-5-10-21-38-32(37)29-24(3)39-34-30(29)26-12-7-6-8-13-26/h6-8,11-15,22-23,25H,4-5,9-10,16-21H2,1-3H3,(H,33,36). The molecular weight excluding hydrogens is 490 g/mol. The van der Waals surface area contributed by atoms with Gasteiger partial charge in [0.15, 0.2) is 0 Å². The van der Waals surface area contributed by atoms with Crippen LogP contribution in [-0.2, 0) is 9.53 Å². The van der Waals surface area contributed by atoms with Crippen LogP contribution in [0.15, 0.2) is 59.1 Å². The number of hydrogen-bond acceptors (Lipinski definition) is 6. The first-order valence-corrected chi connectivity index (χ1v) is 14.2. The maximum absolute atomic E-state index is 12.7. The first-order chi connectivity index (χ1) is 18.9. The number of amides is 1. The van der Waals surface area contributed by atoms with Crippen molar-refractivity contribution in [3.63, 3.8) is 0 Å². The lowest BCUT2D eigenvalue weighted by molar-refractivity contribution is -0.118. The van der Waals surface area contributed by atoms with E-state index in [9.17, 15) is 9.59 Å². The quantitative estimate of drug-likeness (QED) is 0.203. The van der Waals surface area contributed by atoms with E-state index in [4.69, 9.17) is 9.26 Å². The number of nitrogens with zero attached hydrogens (tertiary/aromatic N) is 2. The lowest BCUT2D eigenvalue weighted by atomic mass is 9.89. The van der Waals surface area contributed by atoms with Gasteiger partial charge in [0, 0.05) is 17.2 Å². The fourth-order valence-corrected chi connectivity index (χ4v) is 5.08. The van der Waals surface area contributed by atoms with E-state index < -0.39 is 0 Å². The molecule has 2 heterocycles. The second kappa shape index (κ2) is 14.1. The van der Waals surface area contributed by atoms with Crippen LogP contribution < -0.4 is 5.32 Å². The summed E-state index contributed by atoms with van der Waals surface area (Å²) < 4.78 is 10.8. The summed E-state index contributed by atoms with van der Waals surface area (Å²) in [7, 11) is 0. The first-order valence-electron chi connectivity index (χ1n) is 14.2. The molecule has 0 saturated carbocycles. The van der Waals surface area contributed by atoms with E-state index in [-0.39, 0.29) is 17.8 Å². The third-order valence-corrected chi connectivity index (χ3v) is 7.45. The Bertz CT molecular complexity index is 1210. The zero-order valence-corrected chi connectivity index (χ0v) is 23.4. The van der Waals surface area contributed by atoms with Crippen LogP contribution in [0.25, 0.3) is 11.3 Å². The summed E-state index contributed by atoms with van der Waals surface area (Å²) in [5.41, 5.74) is 4.01. The fourth-order valence-electron chi connectivity index (χ4n) is 5.08. The number of hydrogen-bond donors (Lipinski definition) is 1. The third-order valence-electron chi connectivity index (χ3n) is 7.45. The molecule has 7 nitrogen and oxygen atoms in total. The average molecular weight is 532 g/mol. The van der Waals surface area contributed by atoms with Gasteiger partial charge in [-0.2, -0.15) is 0 Å². The van der Waals surface area contributed by atoms with E-state index in [1.165, 1.54) is 5.56 Å².